The van der Waals surface area contributed by atoms with Crippen molar-refractivity contribution in [3.63, 3.8) is 0 Å². The number of halogens is 3. The molecule has 1 aliphatic heterocycles. The van der Waals surface area contributed by atoms with Gasteiger partial charge in [-0.15, -0.1) is 0 Å². The molecule has 0 N–H and O–H groups in total. The SMILES string of the molecule is CC1(c2ccccc2)CN(Cc2ccccc2)C(c2ccc(C(F)(F)F)cc2)=N1. The van der Waals surface area contributed by atoms with Crippen LogP contribution in [0.15, 0.2) is 89.9 Å². The lowest BCUT2D eigenvalue weighted by atomic mass is 9.93. The highest BCUT2D eigenvalue weighted by atomic mass is 19.4. The lowest BCUT2D eigenvalue weighted by Gasteiger charge is -2.25. The predicted octanol–water partition coefficient (Wildman–Crippen LogP) is 5.88. The fraction of sp³-hybridized carbons (Fsp3) is 0.208. The second kappa shape index (κ2) is 7.39. The van der Waals surface area contributed by atoms with Gasteiger partial charge in [-0.3, -0.25) is 4.99 Å². The molecule has 0 amide bonds. The minimum atomic E-state index is -4.35. The second-order valence-electron chi connectivity index (χ2n) is 7.49. The third kappa shape index (κ3) is 4.04. The van der Waals surface area contributed by atoms with E-state index in [1.54, 1.807) is 0 Å². The quantitative estimate of drug-likeness (QED) is 0.539. The molecule has 0 radical (unpaired) electrons. The molecule has 29 heavy (non-hydrogen) atoms. The molecule has 0 saturated heterocycles. The third-order valence-corrected chi connectivity index (χ3v) is 5.23. The molecule has 0 aromatic heterocycles. The van der Waals surface area contributed by atoms with Crippen LogP contribution in [-0.4, -0.2) is 17.3 Å². The Bertz CT molecular complexity index is 996. The minimum absolute atomic E-state index is 0.464. The van der Waals surface area contributed by atoms with Gasteiger partial charge in [0.1, 0.15) is 11.4 Å². The van der Waals surface area contributed by atoms with Gasteiger partial charge in [-0.05, 0) is 30.2 Å². The van der Waals surface area contributed by atoms with Gasteiger partial charge in [0.2, 0.25) is 0 Å². The maximum atomic E-state index is 13.0. The van der Waals surface area contributed by atoms with Crippen molar-refractivity contribution >= 4 is 5.84 Å². The van der Waals surface area contributed by atoms with Crippen LogP contribution in [0.4, 0.5) is 13.2 Å². The summed E-state index contributed by atoms with van der Waals surface area (Å²) >= 11 is 0. The third-order valence-electron chi connectivity index (χ3n) is 5.23. The van der Waals surface area contributed by atoms with Gasteiger partial charge in [0.15, 0.2) is 0 Å². The first-order valence-electron chi connectivity index (χ1n) is 9.47. The number of aliphatic imine (C=N–C) groups is 1. The van der Waals surface area contributed by atoms with Crippen LogP contribution in [0.25, 0.3) is 0 Å². The molecule has 4 rings (SSSR count). The summed E-state index contributed by atoms with van der Waals surface area (Å²) in [6.45, 7) is 3.36. The van der Waals surface area contributed by atoms with Crippen LogP contribution in [0.5, 0.6) is 0 Å². The van der Waals surface area contributed by atoms with E-state index in [0.29, 0.717) is 24.5 Å². The summed E-state index contributed by atoms with van der Waals surface area (Å²) in [6.07, 6.45) is -4.35. The number of amidine groups is 1. The Morgan fingerprint density at radius 3 is 2.03 bits per heavy atom. The number of benzene rings is 3. The zero-order chi connectivity index (χ0) is 20.5. The van der Waals surface area contributed by atoms with Crippen molar-refractivity contribution in [1.82, 2.24) is 4.90 Å². The van der Waals surface area contributed by atoms with Crippen molar-refractivity contribution in [2.24, 2.45) is 4.99 Å². The highest BCUT2D eigenvalue weighted by Crippen LogP contribution is 2.35. The van der Waals surface area contributed by atoms with Crippen LogP contribution in [-0.2, 0) is 18.3 Å². The van der Waals surface area contributed by atoms with Gasteiger partial charge in [0.05, 0.1) is 5.56 Å². The van der Waals surface area contributed by atoms with Crippen molar-refractivity contribution in [3.8, 4) is 0 Å². The van der Waals surface area contributed by atoms with E-state index in [-0.39, 0.29) is 0 Å². The molecule has 3 aromatic carbocycles. The van der Waals surface area contributed by atoms with Gasteiger partial charge < -0.3 is 4.90 Å². The van der Waals surface area contributed by atoms with Crippen LogP contribution < -0.4 is 0 Å². The lowest BCUT2D eigenvalue weighted by Crippen LogP contribution is -2.32. The highest BCUT2D eigenvalue weighted by Gasteiger charge is 2.37. The predicted molar refractivity (Wildman–Crippen MR) is 109 cm³/mol. The van der Waals surface area contributed by atoms with E-state index in [1.807, 2.05) is 60.7 Å². The van der Waals surface area contributed by atoms with Crippen LogP contribution in [0.1, 0.15) is 29.2 Å². The zero-order valence-electron chi connectivity index (χ0n) is 16.0. The molecule has 1 heterocycles. The Kier molecular flexibility index (Phi) is 4.91. The first kappa shape index (κ1) is 19.2. The van der Waals surface area contributed by atoms with E-state index in [2.05, 4.69) is 11.8 Å². The fourth-order valence-electron chi connectivity index (χ4n) is 3.73. The molecule has 5 heteroatoms. The Morgan fingerprint density at radius 1 is 0.862 bits per heavy atom. The molecule has 0 aliphatic carbocycles. The van der Waals surface area contributed by atoms with E-state index in [1.165, 1.54) is 12.1 Å². The monoisotopic (exact) mass is 394 g/mol. The molecule has 0 saturated carbocycles. The number of nitrogens with zero attached hydrogens (tertiary/aromatic N) is 2. The van der Waals surface area contributed by atoms with Crippen molar-refractivity contribution in [3.05, 3.63) is 107 Å². The number of alkyl halides is 3. The maximum absolute atomic E-state index is 13.0. The molecular formula is C24H21F3N2. The topological polar surface area (TPSA) is 15.6 Å². The van der Waals surface area contributed by atoms with Gasteiger partial charge in [0, 0.05) is 18.7 Å². The Balaban J connectivity index is 1.72. The Hall–Kier alpha value is -3.08. The van der Waals surface area contributed by atoms with E-state index in [9.17, 15) is 13.2 Å². The molecule has 148 valence electrons. The van der Waals surface area contributed by atoms with Gasteiger partial charge in [-0.1, -0.05) is 72.8 Å². The maximum Gasteiger partial charge on any atom is 0.416 e. The average molecular weight is 394 g/mol. The molecule has 0 spiro atoms. The van der Waals surface area contributed by atoms with Crippen molar-refractivity contribution < 1.29 is 13.2 Å². The summed E-state index contributed by atoms with van der Waals surface area (Å²) in [5, 5.41) is 0. The van der Waals surface area contributed by atoms with E-state index >= 15 is 0 Å². The van der Waals surface area contributed by atoms with Gasteiger partial charge in [-0.25, -0.2) is 0 Å². The van der Waals surface area contributed by atoms with Crippen LogP contribution in [0, 0.1) is 0 Å². The zero-order valence-corrected chi connectivity index (χ0v) is 16.0. The Labute approximate surface area is 168 Å². The van der Waals surface area contributed by atoms with E-state index in [0.717, 1.165) is 23.3 Å². The smallest absolute Gasteiger partial charge is 0.349 e. The van der Waals surface area contributed by atoms with Gasteiger partial charge >= 0.3 is 6.18 Å². The van der Waals surface area contributed by atoms with Gasteiger partial charge in [0.25, 0.3) is 0 Å². The molecule has 2 nitrogen and oxygen atoms in total. The molecule has 0 fully saturated rings. The molecule has 1 aliphatic rings. The summed E-state index contributed by atoms with van der Waals surface area (Å²) in [5.41, 5.74) is 1.78. The normalized spacial score (nSPS) is 19.3. The van der Waals surface area contributed by atoms with E-state index < -0.39 is 17.3 Å². The van der Waals surface area contributed by atoms with Crippen LogP contribution >= 0.6 is 0 Å². The lowest BCUT2D eigenvalue weighted by molar-refractivity contribution is -0.137. The first-order chi connectivity index (χ1) is 13.9. The molecular weight excluding hydrogens is 373 g/mol. The Morgan fingerprint density at radius 2 is 1.45 bits per heavy atom. The van der Waals surface area contributed by atoms with E-state index in [4.69, 9.17) is 4.99 Å². The largest absolute Gasteiger partial charge is 0.416 e. The standard InChI is InChI=1S/C24H21F3N2/c1-23(20-10-6-3-7-11-20)17-29(16-18-8-4-2-5-9-18)22(28-23)19-12-14-21(15-13-19)24(25,26)27/h2-15H,16-17H2,1H3. The molecule has 1 unspecified atom stereocenters. The summed E-state index contributed by atoms with van der Waals surface area (Å²) in [7, 11) is 0. The van der Waals surface area contributed by atoms with Crippen molar-refractivity contribution in [2.75, 3.05) is 6.54 Å². The highest BCUT2D eigenvalue weighted by molar-refractivity contribution is 6.00. The molecule has 3 aromatic rings. The number of hydrogen-bond donors (Lipinski definition) is 0. The summed E-state index contributed by atoms with van der Waals surface area (Å²) in [6, 6.07) is 25.3. The van der Waals surface area contributed by atoms with Crippen molar-refractivity contribution in [2.45, 2.75) is 25.2 Å². The van der Waals surface area contributed by atoms with Crippen LogP contribution in [0.2, 0.25) is 0 Å². The van der Waals surface area contributed by atoms with Gasteiger partial charge in [-0.2, -0.15) is 13.2 Å². The fourth-order valence-corrected chi connectivity index (χ4v) is 3.73. The molecule has 0 bridgehead atoms. The van der Waals surface area contributed by atoms with Crippen molar-refractivity contribution in [1.29, 1.82) is 0 Å². The summed E-state index contributed by atoms with van der Waals surface area (Å²) in [4.78, 5) is 7.14. The minimum Gasteiger partial charge on any atom is -0.349 e. The average Bonchev–Trinajstić information content (AvgIpc) is 3.06. The summed E-state index contributed by atoms with van der Waals surface area (Å²) in [5.74, 6) is 0.717. The number of hydrogen-bond acceptors (Lipinski definition) is 2. The number of rotatable bonds is 4. The molecule has 1 atom stereocenters. The first-order valence-corrected chi connectivity index (χ1v) is 9.47. The van der Waals surface area contributed by atoms with Crippen LogP contribution in [0.3, 0.4) is 0 Å². The second-order valence-corrected chi connectivity index (χ2v) is 7.49. The summed E-state index contributed by atoms with van der Waals surface area (Å²) < 4.78 is 38.9.